The second-order valence-electron chi connectivity index (χ2n) is 8.98. The Kier molecular flexibility index (Phi) is 7.33. The minimum absolute atomic E-state index is 0.0687. The average molecular weight is 545 g/mol. The zero-order valence-corrected chi connectivity index (χ0v) is 21.7. The van der Waals surface area contributed by atoms with Crippen molar-refractivity contribution < 1.29 is 24.0 Å². The second kappa shape index (κ2) is 11.0. The normalized spacial score (nSPS) is 18.2. The summed E-state index contributed by atoms with van der Waals surface area (Å²) in [4.78, 5) is 51.1. The van der Waals surface area contributed by atoms with Crippen molar-refractivity contribution in [3.63, 3.8) is 0 Å². The maximum atomic E-state index is 13.3. The highest BCUT2D eigenvalue weighted by Gasteiger charge is 2.56. The summed E-state index contributed by atoms with van der Waals surface area (Å²) < 4.78 is 7.39. The number of β-lactam (4-membered cyclic amide) rings is 1. The third-order valence-corrected chi connectivity index (χ3v) is 7.76. The van der Waals surface area contributed by atoms with Crippen molar-refractivity contribution in [2.45, 2.75) is 31.4 Å². The van der Waals surface area contributed by atoms with Crippen LogP contribution in [0.25, 0.3) is 0 Å². The van der Waals surface area contributed by atoms with Gasteiger partial charge in [0.15, 0.2) is 5.70 Å². The molecule has 3 aromatic carbocycles. The van der Waals surface area contributed by atoms with E-state index in [1.54, 1.807) is 6.92 Å². The quantitative estimate of drug-likeness (QED) is 0.149. The van der Waals surface area contributed by atoms with Crippen LogP contribution in [0.2, 0.25) is 0 Å². The van der Waals surface area contributed by atoms with Crippen molar-refractivity contribution in [2.75, 3.05) is 4.31 Å². The number of allylic oxidation sites excluding steroid dienone is 1. The molecule has 5 rings (SSSR count). The molecule has 2 heterocycles. The van der Waals surface area contributed by atoms with Gasteiger partial charge in [-0.2, -0.15) is 0 Å². The number of anilines is 1. The molecule has 2 aliphatic heterocycles. The average Bonchev–Trinajstić information content (AvgIpc) is 2.95. The summed E-state index contributed by atoms with van der Waals surface area (Å²) in [7, 11) is 0. The van der Waals surface area contributed by atoms with E-state index in [0.717, 1.165) is 11.3 Å². The molecule has 0 radical (unpaired) electrons. The van der Waals surface area contributed by atoms with Crippen LogP contribution in [0.4, 0.5) is 11.4 Å². The smallest absolute Gasteiger partial charge is 0.357 e. The van der Waals surface area contributed by atoms with Crippen LogP contribution < -0.4 is 9.62 Å². The zero-order valence-electron chi connectivity index (χ0n) is 20.9. The second-order valence-corrected chi connectivity index (χ2v) is 10.0. The molecule has 39 heavy (non-hydrogen) atoms. The number of nitrogens with zero attached hydrogens (tertiary/aromatic N) is 3. The molecule has 0 aliphatic carbocycles. The fourth-order valence-corrected chi connectivity index (χ4v) is 5.71. The van der Waals surface area contributed by atoms with Crippen LogP contribution in [0.3, 0.4) is 0 Å². The molecule has 1 saturated heterocycles. The van der Waals surface area contributed by atoms with E-state index in [2.05, 4.69) is 5.32 Å². The van der Waals surface area contributed by atoms with Crippen LogP contribution in [0.5, 0.6) is 0 Å². The molecule has 10 nitrogen and oxygen atoms in total. The van der Waals surface area contributed by atoms with Crippen LogP contribution in [0, 0.1) is 10.1 Å². The lowest BCUT2D eigenvalue weighted by atomic mass is 10.0. The number of fused-ring (bicyclic) bond motifs is 1. The molecule has 0 spiro atoms. The minimum Gasteiger partial charge on any atom is -0.456 e. The Morgan fingerprint density at radius 3 is 2.26 bits per heavy atom. The van der Waals surface area contributed by atoms with Crippen molar-refractivity contribution in [1.29, 1.82) is 0 Å². The number of nitrogens with one attached hydrogen (secondary N) is 1. The molecular formula is C28H24N4O6S. The lowest BCUT2D eigenvalue weighted by Gasteiger charge is -2.52. The van der Waals surface area contributed by atoms with Gasteiger partial charge in [-0.05, 0) is 54.3 Å². The van der Waals surface area contributed by atoms with Crippen LogP contribution in [-0.2, 0) is 32.1 Å². The van der Waals surface area contributed by atoms with Gasteiger partial charge in [0.05, 0.1) is 22.7 Å². The lowest BCUT2D eigenvalue weighted by molar-refractivity contribution is -0.384. The summed E-state index contributed by atoms with van der Waals surface area (Å²) in [6.07, 6.45) is 0.128. The molecule has 11 heteroatoms. The van der Waals surface area contributed by atoms with Gasteiger partial charge in [-0.25, -0.2) is 4.79 Å². The van der Waals surface area contributed by atoms with Crippen LogP contribution in [-0.4, -0.2) is 39.0 Å². The molecule has 0 saturated carbocycles. The van der Waals surface area contributed by atoms with Crippen LogP contribution in [0.1, 0.15) is 18.1 Å². The molecule has 2 atom stereocenters. The monoisotopic (exact) mass is 544 g/mol. The fourth-order valence-electron chi connectivity index (χ4n) is 4.40. The third-order valence-electron chi connectivity index (χ3n) is 6.37. The minimum atomic E-state index is -0.817. The maximum absolute atomic E-state index is 13.3. The van der Waals surface area contributed by atoms with E-state index in [0.29, 0.717) is 11.3 Å². The van der Waals surface area contributed by atoms with Gasteiger partial charge in [-0.15, -0.1) is 0 Å². The Labute approximate surface area is 228 Å². The number of hydrogen-bond donors (Lipinski definition) is 1. The Bertz CT molecular complexity index is 1450. The zero-order chi connectivity index (χ0) is 27.5. The fraction of sp³-hybridized carbons (Fsp3) is 0.179. The van der Waals surface area contributed by atoms with E-state index in [-0.39, 0.29) is 30.3 Å². The number of nitro benzene ring substituents is 1. The number of ether oxygens (including phenoxy) is 1. The number of amides is 2. The highest BCUT2D eigenvalue weighted by molar-refractivity contribution is 8.01. The van der Waals surface area contributed by atoms with Crippen molar-refractivity contribution in [1.82, 2.24) is 10.2 Å². The number of para-hydroxylation sites is 1. The van der Waals surface area contributed by atoms with E-state index in [9.17, 15) is 24.5 Å². The molecule has 2 amide bonds. The molecule has 1 N–H and O–H groups in total. The highest BCUT2D eigenvalue weighted by atomic mass is 32.2. The van der Waals surface area contributed by atoms with E-state index in [1.807, 2.05) is 65.0 Å². The van der Waals surface area contributed by atoms with Crippen LogP contribution in [0.15, 0.2) is 96.3 Å². The molecule has 3 aromatic rings. The predicted octanol–water partition coefficient (Wildman–Crippen LogP) is 3.93. The Balaban J connectivity index is 1.36. The van der Waals surface area contributed by atoms with E-state index in [4.69, 9.17) is 4.74 Å². The topological polar surface area (TPSA) is 122 Å². The van der Waals surface area contributed by atoms with E-state index in [1.165, 1.54) is 41.1 Å². The van der Waals surface area contributed by atoms with Gasteiger partial charge in [-0.1, -0.05) is 48.5 Å². The van der Waals surface area contributed by atoms with Gasteiger partial charge >= 0.3 is 5.97 Å². The number of carbonyl (C=O) groups is 3. The number of rotatable bonds is 8. The van der Waals surface area contributed by atoms with Gasteiger partial charge in [0.2, 0.25) is 5.91 Å². The predicted molar refractivity (Wildman–Crippen MR) is 145 cm³/mol. The summed E-state index contributed by atoms with van der Waals surface area (Å²) in [6.45, 7) is 1.60. The number of esters is 1. The summed E-state index contributed by atoms with van der Waals surface area (Å²) in [6, 6.07) is 23.5. The molecule has 1 fully saturated rings. The Morgan fingerprint density at radius 1 is 0.974 bits per heavy atom. The summed E-state index contributed by atoms with van der Waals surface area (Å²) in [5.41, 5.74) is 2.72. The largest absolute Gasteiger partial charge is 0.456 e. The van der Waals surface area contributed by atoms with Crippen LogP contribution >= 0.6 is 11.9 Å². The van der Waals surface area contributed by atoms with Crippen molar-refractivity contribution in [3.8, 4) is 0 Å². The number of hydrogen-bond acceptors (Lipinski definition) is 8. The lowest BCUT2D eigenvalue weighted by Crippen LogP contribution is -2.71. The van der Waals surface area contributed by atoms with Crippen molar-refractivity contribution in [2.24, 2.45) is 0 Å². The van der Waals surface area contributed by atoms with Gasteiger partial charge in [0.1, 0.15) is 18.0 Å². The molecule has 2 aliphatic rings. The van der Waals surface area contributed by atoms with Gasteiger partial charge in [0, 0.05) is 12.1 Å². The van der Waals surface area contributed by atoms with Crippen molar-refractivity contribution >= 4 is 41.1 Å². The first-order valence-electron chi connectivity index (χ1n) is 12.1. The summed E-state index contributed by atoms with van der Waals surface area (Å²) in [5, 5.41) is 13.2. The molecule has 198 valence electrons. The molecular weight excluding hydrogens is 520 g/mol. The number of benzene rings is 3. The maximum Gasteiger partial charge on any atom is 0.357 e. The molecule has 0 unspecified atom stereocenters. The Hall–Kier alpha value is -4.64. The number of non-ortho nitro benzene ring substituents is 1. The van der Waals surface area contributed by atoms with Gasteiger partial charge in [-0.3, -0.25) is 28.9 Å². The first-order valence-corrected chi connectivity index (χ1v) is 13.0. The standard InChI is InChI=1S/C28H24N4O6S/c1-18-25(28(35)38-17-20-12-14-22(15-13-20)32(36)37)30-26(34)24(29-23(33)16-19-8-4-2-5-9-19)27(30)39-31(18)21-10-6-3-7-11-21/h2-15,24,27H,16-17H2,1H3,(H,29,33)/t24-,27-/m1/s1. The third kappa shape index (κ3) is 5.34. The van der Waals surface area contributed by atoms with E-state index >= 15 is 0 Å². The number of nitro groups is 1. The SMILES string of the molecule is CC1=C(C(=O)OCc2ccc([N+](=O)[O-])cc2)N2C(=O)[C@@H](NC(=O)Cc3ccccc3)[C@H]2SN1c1ccccc1. The highest BCUT2D eigenvalue weighted by Crippen LogP contribution is 2.45. The van der Waals surface area contributed by atoms with Gasteiger partial charge < -0.3 is 10.1 Å². The molecule has 0 bridgehead atoms. The first kappa shape index (κ1) is 26.0. The number of carbonyl (C=O) groups excluding carboxylic acids is 3. The molecule has 0 aromatic heterocycles. The van der Waals surface area contributed by atoms with Crippen molar-refractivity contribution in [3.05, 3.63) is 118 Å². The summed E-state index contributed by atoms with van der Waals surface area (Å²) in [5.74, 6) is -1.40. The van der Waals surface area contributed by atoms with E-state index < -0.39 is 28.2 Å². The summed E-state index contributed by atoms with van der Waals surface area (Å²) >= 11 is 1.34. The Morgan fingerprint density at radius 2 is 1.62 bits per heavy atom. The van der Waals surface area contributed by atoms with Gasteiger partial charge in [0.25, 0.3) is 11.6 Å². The first-order chi connectivity index (χ1) is 18.8.